The van der Waals surface area contributed by atoms with Gasteiger partial charge in [0.1, 0.15) is 17.5 Å². The van der Waals surface area contributed by atoms with Gasteiger partial charge in [0.2, 0.25) is 11.5 Å². The van der Waals surface area contributed by atoms with E-state index in [2.05, 4.69) is 5.32 Å². The number of amides is 2. The molecule has 33 heavy (non-hydrogen) atoms. The Kier molecular flexibility index (Phi) is 6.56. The molecule has 3 heterocycles. The number of para-hydroxylation sites is 1. The minimum absolute atomic E-state index is 0.0246. The third kappa shape index (κ3) is 4.27. The molecular weight excluding hydrogens is 450 g/mol. The number of pyridine rings is 1. The summed E-state index contributed by atoms with van der Waals surface area (Å²) in [6.45, 7) is 2.88. The third-order valence-corrected chi connectivity index (χ3v) is 6.08. The van der Waals surface area contributed by atoms with E-state index in [1.165, 1.54) is 10.9 Å². The number of nitrogens with one attached hydrogen (secondary N) is 1. The second-order valence-electron chi connectivity index (χ2n) is 7.90. The SMILES string of the molecule is CCN1C(=O)c2c(O)c(=O)c(C(=O)NCc3ccccc3OC(F)P)cn2N2CCCC[C@@H]12. The molecule has 2 N–H and O–H groups in total. The molecule has 1 aromatic heterocycles. The molecule has 0 aliphatic carbocycles. The number of nitrogens with zero attached hydrogens (tertiary/aromatic N) is 3. The summed E-state index contributed by atoms with van der Waals surface area (Å²) in [7, 11) is 1.88. The van der Waals surface area contributed by atoms with Crippen molar-refractivity contribution in [1.29, 1.82) is 0 Å². The number of hydrogen-bond acceptors (Lipinski definition) is 6. The summed E-state index contributed by atoms with van der Waals surface area (Å²) >= 11 is 0. The summed E-state index contributed by atoms with van der Waals surface area (Å²) in [5, 5.41) is 15.2. The number of carbonyl (C=O) groups is 2. The molecule has 2 aliphatic rings. The largest absolute Gasteiger partial charge is 0.502 e. The zero-order valence-electron chi connectivity index (χ0n) is 18.2. The highest BCUT2D eigenvalue weighted by molar-refractivity contribution is 7.16. The van der Waals surface area contributed by atoms with E-state index in [0.29, 0.717) is 18.7 Å². The average molecular weight is 476 g/mol. The Morgan fingerprint density at radius 3 is 2.82 bits per heavy atom. The van der Waals surface area contributed by atoms with Gasteiger partial charge in [-0.25, -0.2) is 0 Å². The molecule has 9 nitrogen and oxygen atoms in total. The van der Waals surface area contributed by atoms with Crippen LogP contribution in [0.15, 0.2) is 35.3 Å². The molecule has 1 saturated heterocycles. The Hall–Kier alpha value is -3.13. The van der Waals surface area contributed by atoms with Gasteiger partial charge in [0.15, 0.2) is 11.4 Å². The fraction of sp³-hybridized carbons (Fsp3) is 0.409. The molecule has 2 aliphatic heterocycles. The number of ether oxygens (including phenoxy) is 1. The molecule has 11 heteroatoms. The van der Waals surface area contributed by atoms with Crippen molar-refractivity contribution in [3.63, 3.8) is 0 Å². The molecule has 2 amide bonds. The number of aromatic nitrogens is 1. The van der Waals surface area contributed by atoms with E-state index in [1.807, 2.05) is 21.2 Å². The van der Waals surface area contributed by atoms with Crippen LogP contribution in [0, 0.1) is 0 Å². The van der Waals surface area contributed by atoms with Crippen molar-refractivity contribution in [3.8, 4) is 11.5 Å². The van der Waals surface area contributed by atoms with Crippen LogP contribution < -0.4 is 20.5 Å². The van der Waals surface area contributed by atoms with Crippen molar-refractivity contribution >= 4 is 21.1 Å². The second-order valence-corrected chi connectivity index (χ2v) is 8.43. The first-order valence-corrected chi connectivity index (χ1v) is 11.5. The second kappa shape index (κ2) is 9.39. The van der Waals surface area contributed by atoms with E-state index in [4.69, 9.17) is 4.74 Å². The summed E-state index contributed by atoms with van der Waals surface area (Å²) in [6.07, 6.45) is 2.11. The number of rotatable bonds is 6. The summed E-state index contributed by atoms with van der Waals surface area (Å²) < 4.78 is 19.8. The van der Waals surface area contributed by atoms with E-state index in [1.54, 1.807) is 29.2 Å². The first-order chi connectivity index (χ1) is 15.8. The highest BCUT2D eigenvalue weighted by Gasteiger charge is 2.40. The maximum Gasteiger partial charge on any atom is 0.278 e. The molecule has 176 valence electrons. The van der Waals surface area contributed by atoms with E-state index < -0.39 is 29.1 Å². The number of piperidine rings is 1. The lowest BCUT2D eigenvalue weighted by Crippen LogP contribution is -2.63. The maximum absolute atomic E-state index is 13.3. The molecule has 2 unspecified atom stereocenters. The van der Waals surface area contributed by atoms with E-state index in [9.17, 15) is 23.9 Å². The topological polar surface area (TPSA) is 104 Å². The maximum atomic E-state index is 13.3. The smallest absolute Gasteiger partial charge is 0.278 e. The van der Waals surface area contributed by atoms with Crippen molar-refractivity contribution in [2.24, 2.45) is 0 Å². The molecule has 0 saturated carbocycles. The van der Waals surface area contributed by atoms with Crippen molar-refractivity contribution < 1.29 is 23.8 Å². The van der Waals surface area contributed by atoms with Gasteiger partial charge in [0, 0.05) is 31.4 Å². The summed E-state index contributed by atoms with van der Waals surface area (Å²) in [5.74, 6) is -1.65. The van der Waals surface area contributed by atoms with Gasteiger partial charge in [0.05, 0.1) is 0 Å². The standard InChI is InChI=1S/C22H26FN4O5P/c1-2-25-16-9-5-6-10-26(16)27-12-14(18(28)19(29)17(27)21(25)31)20(30)24-11-13-7-3-4-8-15(13)32-22(23)33/h3-4,7-8,12,16,22,29H,2,5-6,9-11,33H2,1H3,(H,24,30)/t16-,22?/m0/s1. The van der Waals surface area contributed by atoms with Crippen molar-refractivity contribution in [1.82, 2.24) is 14.9 Å². The van der Waals surface area contributed by atoms with Gasteiger partial charge < -0.3 is 20.1 Å². The minimum atomic E-state index is -1.61. The lowest BCUT2D eigenvalue weighted by molar-refractivity contribution is 0.0534. The van der Waals surface area contributed by atoms with Crippen LogP contribution in [-0.4, -0.2) is 51.9 Å². The highest BCUT2D eigenvalue weighted by atomic mass is 31.0. The minimum Gasteiger partial charge on any atom is -0.502 e. The van der Waals surface area contributed by atoms with Gasteiger partial charge >= 0.3 is 0 Å². The zero-order valence-corrected chi connectivity index (χ0v) is 19.3. The van der Waals surface area contributed by atoms with Gasteiger partial charge in [-0.1, -0.05) is 27.4 Å². The fourth-order valence-corrected chi connectivity index (χ4v) is 4.55. The number of halogens is 1. The van der Waals surface area contributed by atoms with Crippen LogP contribution in [0.2, 0.25) is 0 Å². The van der Waals surface area contributed by atoms with Crippen molar-refractivity contribution in [2.75, 3.05) is 18.1 Å². The Labute approximate surface area is 192 Å². The van der Waals surface area contributed by atoms with E-state index in [0.717, 1.165) is 19.3 Å². The van der Waals surface area contributed by atoms with Gasteiger partial charge in [0.25, 0.3) is 11.8 Å². The van der Waals surface area contributed by atoms with Crippen LogP contribution in [0.25, 0.3) is 0 Å². The average Bonchev–Trinajstić information content (AvgIpc) is 2.80. The number of hydrogen-bond donors (Lipinski definition) is 2. The summed E-state index contributed by atoms with van der Waals surface area (Å²) in [6, 6.07) is 6.62. The molecule has 1 fully saturated rings. The Bertz CT molecular complexity index is 1140. The molecule has 4 rings (SSSR count). The monoisotopic (exact) mass is 476 g/mol. The summed E-state index contributed by atoms with van der Waals surface area (Å²) in [5.41, 5.74) is -0.823. The predicted octanol–water partition coefficient (Wildman–Crippen LogP) is 1.91. The molecule has 0 spiro atoms. The van der Waals surface area contributed by atoms with Crippen LogP contribution in [-0.2, 0) is 6.54 Å². The lowest BCUT2D eigenvalue weighted by atomic mass is 10.1. The highest BCUT2D eigenvalue weighted by Crippen LogP contribution is 2.29. The molecule has 3 atom stereocenters. The molecule has 0 bridgehead atoms. The quantitative estimate of drug-likeness (QED) is 0.618. The Morgan fingerprint density at radius 2 is 2.09 bits per heavy atom. The number of benzene rings is 1. The first kappa shape index (κ1) is 23.0. The van der Waals surface area contributed by atoms with Crippen LogP contribution in [0.3, 0.4) is 0 Å². The number of aromatic hydroxyl groups is 1. The first-order valence-electron chi connectivity index (χ1n) is 10.8. The van der Waals surface area contributed by atoms with Crippen LogP contribution in [0.4, 0.5) is 4.39 Å². The van der Waals surface area contributed by atoms with E-state index >= 15 is 0 Å². The van der Waals surface area contributed by atoms with Gasteiger partial charge in [-0.05, 0) is 32.3 Å². The summed E-state index contributed by atoms with van der Waals surface area (Å²) in [4.78, 5) is 40.4. The Morgan fingerprint density at radius 1 is 1.33 bits per heavy atom. The molecular formula is C22H26FN4O5P. The van der Waals surface area contributed by atoms with Crippen LogP contribution in [0.1, 0.15) is 52.6 Å². The number of carbonyl (C=O) groups excluding carboxylic acids is 2. The van der Waals surface area contributed by atoms with Gasteiger partial charge in [-0.3, -0.25) is 24.1 Å². The molecule has 2 aromatic rings. The Balaban J connectivity index is 1.65. The number of alkyl halides is 1. The third-order valence-electron chi connectivity index (χ3n) is 5.94. The predicted molar refractivity (Wildman–Crippen MR) is 123 cm³/mol. The van der Waals surface area contributed by atoms with Crippen molar-refractivity contribution in [2.45, 2.75) is 45.0 Å². The fourth-order valence-electron chi connectivity index (χ4n) is 4.40. The van der Waals surface area contributed by atoms with Gasteiger partial charge in [-0.2, -0.15) is 4.39 Å². The molecule has 0 radical (unpaired) electrons. The normalized spacial score (nSPS) is 18.4. The van der Waals surface area contributed by atoms with Crippen LogP contribution >= 0.6 is 9.24 Å². The van der Waals surface area contributed by atoms with E-state index in [-0.39, 0.29) is 29.7 Å². The van der Waals surface area contributed by atoms with Crippen molar-refractivity contribution in [3.05, 3.63) is 57.5 Å². The zero-order chi connectivity index (χ0) is 23.7. The molecule has 1 aromatic carbocycles. The lowest BCUT2D eigenvalue weighted by Gasteiger charge is -2.48. The number of fused-ring (bicyclic) bond motifs is 3. The van der Waals surface area contributed by atoms with Gasteiger partial charge in [-0.15, -0.1) is 0 Å². The van der Waals surface area contributed by atoms with Crippen LogP contribution in [0.5, 0.6) is 11.5 Å².